The number of nitrogens with zero attached hydrogens (tertiary/aromatic N) is 3. The van der Waals surface area contributed by atoms with E-state index < -0.39 is 0 Å². The van der Waals surface area contributed by atoms with Crippen molar-refractivity contribution in [3.63, 3.8) is 0 Å². The van der Waals surface area contributed by atoms with Gasteiger partial charge in [0.2, 0.25) is 5.95 Å². The van der Waals surface area contributed by atoms with E-state index in [-0.39, 0.29) is 5.41 Å². The van der Waals surface area contributed by atoms with Crippen LogP contribution in [0, 0.1) is 0 Å². The molecule has 0 saturated carbocycles. The molecular weight excluding hydrogens is 178 g/mol. The van der Waals surface area contributed by atoms with Crippen LogP contribution in [-0.4, -0.2) is 28.4 Å². The van der Waals surface area contributed by atoms with Gasteiger partial charge < -0.3 is 15.6 Å². The van der Waals surface area contributed by atoms with Gasteiger partial charge in [-0.25, -0.2) is 0 Å². The minimum absolute atomic E-state index is 0.0865. The van der Waals surface area contributed by atoms with Gasteiger partial charge in [-0.15, -0.1) is 10.2 Å². The Morgan fingerprint density at radius 2 is 2.14 bits per heavy atom. The molecule has 0 aromatic carbocycles. The van der Waals surface area contributed by atoms with Crippen LogP contribution in [-0.2, 0) is 12.5 Å². The van der Waals surface area contributed by atoms with Crippen molar-refractivity contribution in [2.45, 2.75) is 25.7 Å². The second-order valence-corrected chi connectivity index (χ2v) is 3.77. The second kappa shape index (κ2) is 3.96. The molecule has 0 aliphatic carbocycles. The topological polar surface area (TPSA) is 68.8 Å². The predicted octanol–water partition coefficient (Wildman–Crippen LogP) is 0.483. The number of nitrogens with one attached hydrogen (secondary N) is 1. The summed E-state index contributed by atoms with van der Waals surface area (Å²) in [5.74, 6) is 1.71. The zero-order chi connectivity index (χ0) is 10.8. The monoisotopic (exact) mass is 197 g/mol. The summed E-state index contributed by atoms with van der Waals surface area (Å²) in [5.41, 5.74) is 5.68. The van der Waals surface area contributed by atoms with Gasteiger partial charge in [0.25, 0.3) is 0 Å². The molecule has 1 atom stereocenters. The minimum atomic E-state index is -0.0865. The van der Waals surface area contributed by atoms with Crippen LogP contribution < -0.4 is 11.1 Å². The van der Waals surface area contributed by atoms with Crippen LogP contribution in [0.3, 0.4) is 0 Å². The largest absolute Gasteiger partial charge is 0.357 e. The molecule has 5 heteroatoms. The van der Waals surface area contributed by atoms with Crippen LogP contribution in [0.5, 0.6) is 0 Å². The molecule has 1 rings (SSSR count). The number of aromatic nitrogens is 3. The van der Waals surface area contributed by atoms with Gasteiger partial charge in [0.05, 0.1) is 0 Å². The Morgan fingerprint density at radius 1 is 1.50 bits per heavy atom. The molecule has 0 radical (unpaired) electrons. The van der Waals surface area contributed by atoms with Gasteiger partial charge >= 0.3 is 0 Å². The molecule has 0 bridgehead atoms. The van der Waals surface area contributed by atoms with Crippen LogP contribution in [0.2, 0.25) is 0 Å². The lowest BCUT2D eigenvalue weighted by Gasteiger charge is -2.24. The SMILES string of the molecule is CCC(C)(CN)c1nnc(NC)n1C. The average molecular weight is 197 g/mol. The van der Waals surface area contributed by atoms with E-state index in [0.29, 0.717) is 6.54 Å². The van der Waals surface area contributed by atoms with Crippen LogP contribution in [0.4, 0.5) is 5.95 Å². The second-order valence-electron chi connectivity index (χ2n) is 3.77. The molecule has 0 saturated heterocycles. The van der Waals surface area contributed by atoms with E-state index in [4.69, 9.17) is 5.73 Å². The fourth-order valence-corrected chi connectivity index (χ4v) is 1.47. The van der Waals surface area contributed by atoms with Crippen molar-refractivity contribution in [2.24, 2.45) is 12.8 Å². The van der Waals surface area contributed by atoms with E-state index in [9.17, 15) is 0 Å². The number of hydrogen-bond donors (Lipinski definition) is 2. The van der Waals surface area contributed by atoms with Gasteiger partial charge in [-0.3, -0.25) is 0 Å². The smallest absolute Gasteiger partial charge is 0.224 e. The van der Waals surface area contributed by atoms with Crippen molar-refractivity contribution in [3.05, 3.63) is 5.82 Å². The molecule has 80 valence electrons. The minimum Gasteiger partial charge on any atom is -0.357 e. The molecule has 0 fully saturated rings. The Morgan fingerprint density at radius 3 is 2.50 bits per heavy atom. The van der Waals surface area contributed by atoms with E-state index in [1.165, 1.54) is 0 Å². The lowest BCUT2D eigenvalue weighted by atomic mass is 9.87. The number of rotatable bonds is 4. The molecule has 1 aromatic heterocycles. The highest BCUT2D eigenvalue weighted by Crippen LogP contribution is 2.25. The summed E-state index contributed by atoms with van der Waals surface area (Å²) >= 11 is 0. The Balaban J connectivity index is 3.11. The van der Waals surface area contributed by atoms with Crippen LogP contribution in [0.1, 0.15) is 26.1 Å². The summed E-state index contributed by atoms with van der Waals surface area (Å²) < 4.78 is 1.95. The van der Waals surface area contributed by atoms with E-state index in [1.807, 2.05) is 18.7 Å². The highest BCUT2D eigenvalue weighted by atomic mass is 15.3. The van der Waals surface area contributed by atoms with Gasteiger partial charge in [0.15, 0.2) is 0 Å². The molecule has 5 nitrogen and oxygen atoms in total. The Hall–Kier alpha value is -1.10. The highest BCUT2D eigenvalue weighted by molar-refractivity contribution is 5.26. The molecule has 1 unspecified atom stereocenters. The molecule has 1 heterocycles. The number of anilines is 1. The fourth-order valence-electron chi connectivity index (χ4n) is 1.47. The summed E-state index contributed by atoms with van der Waals surface area (Å²) in [4.78, 5) is 0. The molecule has 0 aliphatic rings. The summed E-state index contributed by atoms with van der Waals surface area (Å²) in [6, 6.07) is 0. The highest BCUT2D eigenvalue weighted by Gasteiger charge is 2.28. The molecule has 0 spiro atoms. The zero-order valence-electron chi connectivity index (χ0n) is 9.33. The van der Waals surface area contributed by atoms with Crippen molar-refractivity contribution in [2.75, 3.05) is 18.9 Å². The zero-order valence-corrected chi connectivity index (χ0v) is 9.33. The summed E-state index contributed by atoms with van der Waals surface area (Å²) in [6.07, 6.45) is 0.958. The number of hydrogen-bond acceptors (Lipinski definition) is 4. The van der Waals surface area contributed by atoms with Crippen LogP contribution >= 0.6 is 0 Å². The Bertz CT molecular complexity index is 300. The standard InChI is InChI=1S/C9H19N5/c1-5-9(2,6-10)7-12-13-8(11-3)14(7)4/h5-6,10H2,1-4H3,(H,11,13). The Kier molecular flexibility index (Phi) is 3.10. The van der Waals surface area contributed by atoms with E-state index in [1.54, 1.807) is 0 Å². The van der Waals surface area contributed by atoms with Crippen molar-refractivity contribution >= 4 is 5.95 Å². The van der Waals surface area contributed by atoms with Crippen LogP contribution in [0.15, 0.2) is 0 Å². The van der Waals surface area contributed by atoms with Crippen molar-refractivity contribution in [3.8, 4) is 0 Å². The average Bonchev–Trinajstić information content (AvgIpc) is 2.59. The third-order valence-electron chi connectivity index (χ3n) is 2.87. The third kappa shape index (κ3) is 1.59. The summed E-state index contributed by atoms with van der Waals surface area (Å²) in [6.45, 7) is 4.80. The van der Waals surface area contributed by atoms with Crippen molar-refractivity contribution < 1.29 is 0 Å². The fraction of sp³-hybridized carbons (Fsp3) is 0.778. The predicted molar refractivity (Wildman–Crippen MR) is 57.2 cm³/mol. The summed E-state index contributed by atoms with van der Waals surface area (Å²) in [7, 11) is 3.78. The van der Waals surface area contributed by atoms with E-state index in [2.05, 4.69) is 29.4 Å². The molecule has 14 heavy (non-hydrogen) atoms. The van der Waals surface area contributed by atoms with Gasteiger partial charge in [-0.2, -0.15) is 0 Å². The number of nitrogens with two attached hydrogens (primary N) is 1. The molecular formula is C9H19N5. The van der Waals surface area contributed by atoms with Crippen molar-refractivity contribution in [1.29, 1.82) is 0 Å². The maximum atomic E-state index is 5.77. The maximum absolute atomic E-state index is 5.77. The lowest BCUT2D eigenvalue weighted by Crippen LogP contribution is -2.34. The van der Waals surface area contributed by atoms with E-state index in [0.717, 1.165) is 18.2 Å². The quantitative estimate of drug-likeness (QED) is 0.736. The summed E-state index contributed by atoms with van der Waals surface area (Å²) in [5, 5.41) is 11.2. The Labute approximate surface area is 84.7 Å². The van der Waals surface area contributed by atoms with E-state index >= 15 is 0 Å². The molecule has 1 aromatic rings. The maximum Gasteiger partial charge on any atom is 0.224 e. The molecule has 3 N–H and O–H groups in total. The third-order valence-corrected chi connectivity index (χ3v) is 2.87. The first-order valence-electron chi connectivity index (χ1n) is 4.86. The lowest BCUT2D eigenvalue weighted by molar-refractivity contribution is 0.424. The van der Waals surface area contributed by atoms with Gasteiger partial charge in [0, 0.05) is 26.1 Å². The molecule has 0 amide bonds. The van der Waals surface area contributed by atoms with Gasteiger partial charge in [-0.1, -0.05) is 13.8 Å². The van der Waals surface area contributed by atoms with Gasteiger partial charge in [0.1, 0.15) is 5.82 Å². The normalized spacial score (nSPS) is 15.2. The first kappa shape index (κ1) is 11.0. The van der Waals surface area contributed by atoms with Crippen molar-refractivity contribution in [1.82, 2.24) is 14.8 Å². The molecule has 0 aliphatic heterocycles. The van der Waals surface area contributed by atoms with Gasteiger partial charge in [-0.05, 0) is 6.42 Å². The first-order valence-corrected chi connectivity index (χ1v) is 4.86. The van der Waals surface area contributed by atoms with Crippen LogP contribution in [0.25, 0.3) is 0 Å². The first-order chi connectivity index (χ1) is 6.59.